The minimum Gasteiger partial charge on any atom is -0.465 e. The number of likely N-dealkylation sites (tertiary alicyclic amines) is 1. The number of benzene rings is 1. The van der Waals surface area contributed by atoms with Gasteiger partial charge in [0, 0.05) is 45.6 Å². The van der Waals surface area contributed by atoms with Crippen molar-refractivity contribution in [1.82, 2.24) is 35.2 Å². The lowest BCUT2D eigenvalue weighted by molar-refractivity contribution is -0.118. The summed E-state index contributed by atoms with van der Waals surface area (Å²) in [5.74, 6) is -0.450. The summed E-state index contributed by atoms with van der Waals surface area (Å²) in [6.45, 7) is 8.83. The van der Waals surface area contributed by atoms with Crippen LogP contribution in [0.5, 0.6) is 5.88 Å². The lowest BCUT2D eigenvalue weighted by Gasteiger charge is -2.38. The Morgan fingerprint density at radius 1 is 1.16 bits per heavy atom. The quantitative estimate of drug-likeness (QED) is 0.424. The minimum atomic E-state index is -0.659. The first kappa shape index (κ1) is 28.5. The fraction of sp³-hybridized carbons (Fsp3) is 0.517. The summed E-state index contributed by atoms with van der Waals surface area (Å²) in [5.41, 5.74) is 0.380. The Bertz CT molecular complexity index is 1650. The van der Waals surface area contributed by atoms with Crippen molar-refractivity contribution in [3.05, 3.63) is 41.6 Å². The number of carbonyl (C=O) groups excluding carboxylic acids is 2. The van der Waals surface area contributed by atoms with E-state index in [2.05, 4.69) is 42.4 Å². The van der Waals surface area contributed by atoms with Crippen LogP contribution >= 0.6 is 0 Å². The Morgan fingerprint density at radius 2 is 1.89 bits per heavy atom. The van der Waals surface area contributed by atoms with Crippen molar-refractivity contribution in [2.45, 2.75) is 44.2 Å². The molecule has 2 N–H and O–H groups in total. The fourth-order valence-corrected chi connectivity index (χ4v) is 6.66. The number of hydrogen-bond acceptors (Lipinski definition) is 10. The average Bonchev–Trinajstić information content (AvgIpc) is 3.69. The zero-order valence-corrected chi connectivity index (χ0v) is 24.3. The molecule has 1 aliphatic carbocycles. The van der Waals surface area contributed by atoms with Gasteiger partial charge in [0.15, 0.2) is 35.4 Å². The number of ether oxygens (including phenoxy) is 2. The molecule has 5 aliphatic rings. The highest BCUT2D eigenvalue weighted by molar-refractivity contribution is 5.94. The van der Waals surface area contributed by atoms with Crippen LogP contribution < -0.4 is 20.3 Å². The SMILES string of the molecule is C=CC.O=C1COc2ncc(N3CC4(CCN(CC5Cc6c(c(F)c7c(nnn7C7CNC7)c6F)C5)CC4)OC3=O)nc2N1. The van der Waals surface area contributed by atoms with Gasteiger partial charge in [0.1, 0.15) is 11.1 Å². The number of nitrogens with one attached hydrogen (secondary N) is 2. The third-order valence-electron chi connectivity index (χ3n) is 8.95. The minimum absolute atomic E-state index is 0.0137. The first-order valence-electron chi connectivity index (χ1n) is 14.8. The Labute approximate surface area is 251 Å². The van der Waals surface area contributed by atoms with Crippen LogP contribution in [-0.4, -0.2) is 93.3 Å². The van der Waals surface area contributed by atoms with Crippen molar-refractivity contribution >= 4 is 34.7 Å². The number of hydrogen-bond donors (Lipinski definition) is 2. The zero-order valence-electron chi connectivity index (χ0n) is 24.3. The maximum Gasteiger partial charge on any atom is 0.416 e. The number of anilines is 2. The number of piperidine rings is 1. The Morgan fingerprint density at radius 3 is 2.59 bits per heavy atom. The van der Waals surface area contributed by atoms with E-state index in [1.807, 2.05) is 6.92 Å². The topological polar surface area (TPSA) is 140 Å². The molecule has 3 fully saturated rings. The third kappa shape index (κ3) is 4.83. The highest BCUT2D eigenvalue weighted by Crippen LogP contribution is 2.39. The Kier molecular flexibility index (Phi) is 7.16. The van der Waals surface area contributed by atoms with Crippen molar-refractivity contribution in [3.8, 4) is 5.88 Å². The molecular formula is C29H33F2N9O4. The molecule has 1 atom stereocenters. The van der Waals surface area contributed by atoms with Crippen LogP contribution in [0.3, 0.4) is 0 Å². The Balaban J connectivity index is 0.00000100. The van der Waals surface area contributed by atoms with Gasteiger partial charge in [-0.2, -0.15) is 0 Å². The van der Waals surface area contributed by atoms with E-state index in [1.165, 1.54) is 15.8 Å². The zero-order chi connectivity index (χ0) is 30.6. The second kappa shape index (κ2) is 11.0. The predicted octanol–water partition coefficient (Wildman–Crippen LogP) is 2.37. The maximum absolute atomic E-state index is 15.7. The molecule has 3 aromatic rings. The molecule has 3 saturated heterocycles. The first-order valence-corrected chi connectivity index (χ1v) is 14.8. The molecule has 1 spiro atoms. The van der Waals surface area contributed by atoms with Gasteiger partial charge in [-0.15, -0.1) is 11.7 Å². The van der Waals surface area contributed by atoms with Crippen LogP contribution in [0.2, 0.25) is 0 Å². The number of aromatic nitrogens is 5. The average molecular weight is 610 g/mol. The second-order valence-electron chi connectivity index (χ2n) is 12.0. The van der Waals surface area contributed by atoms with Gasteiger partial charge in [0.05, 0.1) is 18.8 Å². The van der Waals surface area contributed by atoms with Crippen molar-refractivity contribution < 1.29 is 27.8 Å². The highest BCUT2D eigenvalue weighted by Gasteiger charge is 2.48. The van der Waals surface area contributed by atoms with Crippen molar-refractivity contribution in [2.24, 2.45) is 5.92 Å². The summed E-state index contributed by atoms with van der Waals surface area (Å²) in [4.78, 5) is 36.7. The summed E-state index contributed by atoms with van der Waals surface area (Å²) >= 11 is 0. The van der Waals surface area contributed by atoms with Crippen LogP contribution in [0.1, 0.15) is 36.9 Å². The Hall–Kier alpha value is -4.24. The molecule has 4 aliphatic heterocycles. The molecule has 44 heavy (non-hydrogen) atoms. The van der Waals surface area contributed by atoms with E-state index in [9.17, 15) is 9.59 Å². The van der Waals surface area contributed by atoms with E-state index < -0.39 is 23.3 Å². The van der Waals surface area contributed by atoms with Crippen LogP contribution in [0.25, 0.3) is 11.0 Å². The number of rotatable bonds is 4. The van der Waals surface area contributed by atoms with E-state index in [0.29, 0.717) is 76.1 Å². The molecule has 15 heteroatoms. The van der Waals surface area contributed by atoms with Crippen LogP contribution in [0.15, 0.2) is 18.9 Å². The van der Waals surface area contributed by atoms with Gasteiger partial charge in [0.25, 0.3) is 11.8 Å². The van der Waals surface area contributed by atoms with Crippen molar-refractivity contribution in [2.75, 3.05) is 56.1 Å². The van der Waals surface area contributed by atoms with Gasteiger partial charge in [-0.25, -0.2) is 28.2 Å². The summed E-state index contributed by atoms with van der Waals surface area (Å²) in [7, 11) is 0. The number of carbonyl (C=O) groups is 2. The first-order chi connectivity index (χ1) is 21.3. The molecule has 0 saturated carbocycles. The molecule has 6 heterocycles. The number of amides is 2. The molecule has 232 valence electrons. The largest absolute Gasteiger partial charge is 0.465 e. The van der Waals surface area contributed by atoms with E-state index in [1.54, 1.807) is 6.08 Å². The molecule has 1 unspecified atom stereocenters. The molecule has 8 rings (SSSR count). The fourth-order valence-electron chi connectivity index (χ4n) is 6.66. The molecule has 1 aromatic carbocycles. The van der Waals surface area contributed by atoms with Gasteiger partial charge in [-0.3, -0.25) is 9.69 Å². The predicted molar refractivity (Wildman–Crippen MR) is 155 cm³/mol. The lowest BCUT2D eigenvalue weighted by atomic mass is 9.90. The molecule has 2 aromatic heterocycles. The molecular weight excluding hydrogens is 576 g/mol. The number of halogens is 2. The van der Waals surface area contributed by atoms with Gasteiger partial charge >= 0.3 is 6.09 Å². The van der Waals surface area contributed by atoms with Gasteiger partial charge in [0.2, 0.25) is 0 Å². The summed E-state index contributed by atoms with van der Waals surface area (Å²) < 4.78 is 43.7. The lowest BCUT2D eigenvalue weighted by Crippen LogP contribution is -2.48. The van der Waals surface area contributed by atoms with E-state index >= 15 is 8.78 Å². The van der Waals surface area contributed by atoms with Crippen LogP contribution in [-0.2, 0) is 22.4 Å². The number of allylic oxidation sites excluding steroid dienone is 1. The summed E-state index contributed by atoms with van der Waals surface area (Å²) in [6.07, 6.45) is 4.83. The van der Waals surface area contributed by atoms with E-state index in [4.69, 9.17) is 9.47 Å². The number of nitrogens with zero attached hydrogens (tertiary/aromatic N) is 7. The van der Waals surface area contributed by atoms with Gasteiger partial charge in [-0.1, -0.05) is 11.3 Å². The number of fused-ring (bicyclic) bond motifs is 3. The third-order valence-corrected chi connectivity index (χ3v) is 8.95. The smallest absolute Gasteiger partial charge is 0.416 e. The maximum atomic E-state index is 15.7. The van der Waals surface area contributed by atoms with Crippen LogP contribution in [0, 0.1) is 17.6 Å². The van der Waals surface area contributed by atoms with Crippen LogP contribution in [0.4, 0.5) is 25.2 Å². The van der Waals surface area contributed by atoms with E-state index in [0.717, 1.165) is 0 Å². The standard InChI is InChI=1S/C26H27F2N9O4.C3H6/c27-19-15-5-13(6-16(15)20(28)22-21(19)33-34-37(22)14-7-29-8-14)10-35-3-1-26(2-4-35)12-36(25(39)41-26)17-9-30-24-23(31-17)32-18(38)11-40-24;1-3-2/h9,13-14,29H,1-8,10-12H2,(H,31,32,38);3H,1H2,2H3. The normalized spacial score (nSPS) is 22.4. The molecule has 13 nitrogen and oxygen atoms in total. The van der Waals surface area contributed by atoms with Crippen molar-refractivity contribution in [1.29, 1.82) is 0 Å². The monoisotopic (exact) mass is 609 g/mol. The van der Waals surface area contributed by atoms with Crippen molar-refractivity contribution in [3.63, 3.8) is 0 Å². The summed E-state index contributed by atoms with van der Waals surface area (Å²) in [5, 5.41) is 13.8. The van der Waals surface area contributed by atoms with E-state index in [-0.39, 0.29) is 53.0 Å². The molecule has 0 radical (unpaired) electrons. The molecule has 2 amide bonds. The van der Waals surface area contributed by atoms with Gasteiger partial charge in [-0.05, 0) is 36.8 Å². The highest BCUT2D eigenvalue weighted by atomic mass is 19.1. The summed E-state index contributed by atoms with van der Waals surface area (Å²) in [6, 6.07) is -0.0143. The van der Waals surface area contributed by atoms with Gasteiger partial charge < -0.3 is 25.0 Å². The molecule has 0 bridgehead atoms. The second-order valence-corrected chi connectivity index (χ2v) is 12.0.